The van der Waals surface area contributed by atoms with Gasteiger partial charge in [-0.25, -0.2) is 0 Å². The number of hydrogen-bond acceptors (Lipinski definition) is 3. The lowest BCUT2D eigenvalue weighted by Gasteiger charge is -2.04. The minimum atomic E-state index is 0.127. The summed E-state index contributed by atoms with van der Waals surface area (Å²) in [5.74, 6) is 0.127. The summed E-state index contributed by atoms with van der Waals surface area (Å²) in [6.07, 6.45) is 2.30. The van der Waals surface area contributed by atoms with Gasteiger partial charge in [-0.3, -0.25) is 4.79 Å². The quantitative estimate of drug-likeness (QED) is 0.709. The zero-order valence-corrected chi connectivity index (χ0v) is 10.5. The molecule has 1 rings (SSSR count). The van der Waals surface area contributed by atoms with Crippen LogP contribution in [-0.2, 0) is 16.0 Å². The van der Waals surface area contributed by atoms with Gasteiger partial charge in [0.2, 0.25) is 5.91 Å². The minimum absolute atomic E-state index is 0.127. The molecule has 4 heteroatoms. The van der Waals surface area contributed by atoms with Crippen molar-refractivity contribution in [1.29, 1.82) is 0 Å². The van der Waals surface area contributed by atoms with E-state index in [1.54, 1.807) is 11.3 Å². The third-order valence-corrected chi connectivity index (χ3v) is 2.94. The lowest BCUT2D eigenvalue weighted by atomic mass is 10.2. The Morgan fingerprint density at radius 3 is 3.12 bits per heavy atom. The van der Waals surface area contributed by atoms with Crippen LogP contribution in [0.4, 0.5) is 0 Å². The third-order valence-electron chi connectivity index (χ3n) is 2.21. The molecule has 0 bridgehead atoms. The summed E-state index contributed by atoms with van der Waals surface area (Å²) >= 11 is 1.67. The molecule has 0 spiro atoms. The van der Waals surface area contributed by atoms with E-state index in [-0.39, 0.29) is 5.91 Å². The number of carbonyl (C=O) groups is 1. The fraction of sp³-hybridized carbons (Fsp3) is 0.583. The van der Waals surface area contributed by atoms with Crippen molar-refractivity contribution in [3.63, 3.8) is 0 Å². The van der Waals surface area contributed by atoms with E-state index < -0.39 is 0 Å². The van der Waals surface area contributed by atoms with Gasteiger partial charge in [0, 0.05) is 26.2 Å². The highest BCUT2D eigenvalue weighted by molar-refractivity contribution is 7.07. The van der Waals surface area contributed by atoms with Crippen molar-refractivity contribution in [3.05, 3.63) is 22.4 Å². The van der Waals surface area contributed by atoms with Crippen LogP contribution in [-0.4, -0.2) is 25.7 Å². The van der Waals surface area contributed by atoms with E-state index in [2.05, 4.69) is 16.8 Å². The predicted molar refractivity (Wildman–Crippen MR) is 66.8 cm³/mol. The number of amides is 1. The summed E-state index contributed by atoms with van der Waals surface area (Å²) < 4.78 is 5.18. The van der Waals surface area contributed by atoms with E-state index in [9.17, 15) is 4.79 Å². The van der Waals surface area contributed by atoms with Crippen LogP contribution >= 0.6 is 11.3 Å². The fourth-order valence-corrected chi connectivity index (χ4v) is 2.03. The van der Waals surface area contributed by atoms with E-state index in [0.717, 1.165) is 26.1 Å². The van der Waals surface area contributed by atoms with Crippen LogP contribution in [0.2, 0.25) is 0 Å². The summed E-state index contributed by atoms with van der Waals surface area (Å²) in [4.78, 5) is 11.4. The van der Waals surface area contributed by atoms with Crippen molar-refractivity contribution < 1.29 is 9.53 Å². The maximum absolute atomic E-state index is 11.4. The molecule has 16 heavy (non-hydrogen) atoms. The molecule has 0 saturated carbocycles. The van der Waals surface area contributed by atoms with Crippen LogP contribution < -0.4 is 5.32 Å². The Morgan fingerprint density at radius 1 is 1.56 bits per heavy atom. The van der Waals surface area contributed by atoms with Crippen molar-refractivity contribution in [1.82, 2.24) is 5.32 Å². The van der Waals surface area contributed by atoms with Gasteiger partial charge in [-0.2, -0.15) is 11.3 Å². The van der Waals surface area contributed by atoms with Crippen LogP contribution in [0.15, 0.2) is 16.8 Å². The molecule has 0 aliphatic heterocycles. The zero-order valence-electron chi connectivity index (χ0n) is 9.70. The number of aryl methyl sites for hydroxylation is 1. The van der Waals surface area contributed by atoms with Gasteiger partial charge in [-0.05, 0) is 42.2 Å². The molecule has 0 atom stereocenters. The van der Waals surface area contributed by atoms with E-state index in [0.29, 0.717) is 13.0 Å². The molecule has 0 saturated heterocycles. The first-order valence-corrected chi connectivity index (χ1v) is 6.62. The largest absolute Gasteiger partial charge is 0.382 e. The van der Waals surface area contributed by atoms with Crippen LogP contribution in [0.25, 0.3) is 0 Å². The van der Waals surface area contributed by atoms with Crippen LogP contribution in [0, 0.1) is 0 Å². The summed E-state index contributed by atoms with van der Waals surface area (Å²) in [5, 5.41) is 7.01. The van der Waals surface area contributed by atoms with E-state index in [4.69, 9.17) is 4.74 Å². The molecule has 1 aromatic heterocycles. The second-order valence-electron chi connectivity index (χ2n) is 3.53. The molecule has 0 aliphatic carbocycles. The first-order chi connectivity index (χ1) is 7.83. The van der Waals surface area contributed by atoms with Gasteiger partial charge in [-0.1, -0.05) is 0 Å². The number of rotatable bonds is 8. The zero-order chi connectivity index (χ0) is 11.6. The molecule has 1 amide bonds. The van der Waals surface area contributed by atoms with Gasteiger partial charge in [0.25, 0.3) is 0 Å². The maximum Gasteiger partial charge on any atom is 0.220 e. The van der Waals surface area contributed by atoms with E-state index >= 15 is 0 Å². The van der Waals surface area contributed by atoms with Crippen LogP contribution in [0.3, 0.4) is 0 Å². The molecule has 90 valence electrons. The molecule has 1 heterocycles. The van der Waals surface area contributed by atoms with Crippen molar-refractivity contribution in [2.45, 2.75) is 26.2 Å². The number of carbonyl (C=O) groups excluding carboxylic acids is 1. The predicted octanol–water partition coefficient (Wildman–Crippen LogP) is 2.22. The minimum Gasteiger partial charge on any atom is -0.382 e. The van der Waals surface area contributed by atoms with Crippen molar-refractivity contribution in [2.75, 3.05) is 19.8 Å². The molecular formula is C12H19NO2S. The van der Waals surface area contributed by atoms with Crippen molar-refractivity contribution in [3.8, 4) is 0 Å². The summed E-state index contributed by atoms with van der Waals surface area (Å²) in [6, 6.07) is 2.06. The Kier molecular flexibility index (Phi) is 6.85. The average Bonchev–Trinajstić information content (AvgIpc) is 2.79. The fourth-order valence-electron chi connectivity index (χ4n) is 1.33. The first kappa shape index (κ1) is 13.2. The molecule has 0 fully saturated rings. The highest BCUT2D eigenvalue weighted by Gasteiger charge is 2.01. The second kappa shape index (κ2) is 8.30. The van der Waals surface area contributed by atoms with E-state index in [1.807, 2.05) is 12.3 Å². The van der Waals surface area contributed by atoms with Gasteiger partial charge >= 0.3 is 0 Å². The first-order valence-electron chi connectivity index (χ1n) is 5.68. The van der Waals surface area contributed by atoms with Crippen molar-refractivity contribution >= 4 is 17.2 Å². The number of nitrogens with one attached hydrogen (secondary N) is 1. The Labute approximate surface area is 101 Å². The Balaban J connectivity index is 1.99. The smallest absolute Gasteiger partial charge is 0.220 e. The Hall–Kier alpha value is -0.870. The Morgan fingerprint density at radius 2 is 2.44 bits per heavy atom. The highest BCUT2D eigenvalue weighted by atomic mass is 32.1. The lowest BCUT2D eigenvalue weighted by molar-refractivity contribution is -0.121. The standard InChI is InChI=1S/C12H19NO2S/c1-2-15-8-3-7-13-12(14)5-4-11-6-9-16-10-11/h6,9-10H,2-5,7-8H2,1H3,(H,13,14). The maximum atomic E-state index is 11.4. The lowest BCUT2D eigenvalue weighted by Crippen LogP contribution is -2.25. The molecular weight excluding hydrogens is 222 g/mol. The van der Waals surface area contributed by atoms with Crippen molar-refractivity contribution in [2.24, 2.45) is 0 Å². The highest BCUT2D eigenvalue weighted by Crippen LogP contribution is 2.07. The third kappa shape index (κ3) is 5.88. The topological polar surface area (TPSA) is 38.3 Å². The van der Waals surface area contributed by atoms with Gasteiger partial charge in [0.1, 0.15) is 0 Å². The monoisotopic (exact) mass is 241 g/mol. The van der Waals surface area contributed by atoms with Gasteiger partial charge < -0.3 is 10.1 Å². The second-order valence-corrected chi connectivity index (χ2v) is 4.31. The summed E-state index contributed by atoms with van der Waals surface area (Å²) in [6.45, 7) is 4.15. The summed E-state index contributed by atoms with van der Waals surface area (Å²) in [5.41, 5.74) is 1.24. The molecule has 3 nitrogen and oxygen atoms in total. The van der Waals surface area contributed by atoms with Crippen LogP contribution in [0.1, 0.15) is 25.3 Å². The molecule has 0 aliphatic rings. The molecule has 1 N–H and O–H groups in total. The van der Waals surface area contributed by atoms with Gasteiger partial charge in [0.05, 0.1) is 0 Å². The molecule has 0 radical (unpaired) electrons. The number of thiophene rings is 1. The van der Waals surface area contributed by atoms with Crippen LogP contribution in [0.5, 0.6) is 0 Å². The van der Waals surface area contributed by atoms with Gasteiger partial charge in [0.15, 0.2) is 0 Å². The average molecular weight is 241 g/mol. The van der Waals surface area contributed by atoms with Gasteiger partial charge in [-0.15, -0.1) is 0 Å². The molecule has 0 unspecified atom stereocenters. The van der Waals surface area contributed by atoms with E-state index in [1.165, 1.54) is 5.56 Å². The summed E-state index contributed by atoms with van der Waals surface area (Å²) in [7, 11) is 0. The normalized spacial score (nSPS) is 10.3. The Bertz CT molecular complexity index is 285. The molecule has 1 aromatic rings. The number of ether oxygens (including phenoxy) is 1. The molecule has 0 aromatic carbocycles. The SMILES string of the molecule is CCOCCCNC(=O)CCc1ccsc1. The number of hydrogen-bond donors (Lipinski definition) is 1.